The number of rotatable bonds is 8. The van der Waals surface area contributed by atoms with E-state index in [-0.39, 0.29) is 24.2 Å². The number of nitrogens with zero attached hydrogens (tertiary/aromatic N) is 1. The summed E-state index contributed by atoms with van der Waals surface area (Å²) in [7, 11) is 0. The molecule has 0 radical (unpaired) electrons. The van der Waals surface area contributed by atoms with Crippen LogP contribution in [-0.4, -0.2) is 60.0 Å². The maximum atomic E-state index is 12.3. The van der Waals surface area contributed by atoms with Gasteiger partial charge in [-0.1, -0.05) is 5.92 Å². The third-order valence-electron chi connectivity index (χ3n) is 4.91. The standard InChI is InChI=1S/C18H27N3O4/c1-2-15(9-17(23)24)20-18(25)14-6-4-8-21(12-14)16(22)7-3-5-13-10-19-11-13/h1,13-15,19H,3-12H2,(H,20,25)(H,23,24)/t14-,15-/m1/s1. The highest BCUT2D eigenvalue weighted by Gasteiger charge is 2.29. The van der Waals surface area contributed by atoms with Crippen LogP contribution in [0.2, 0.25) is 0 Å². The molecule has 7 heteroatoms. The number of likely N-dealkylation sites (tertiary alicyclic amines) is 1. The second-order valence-electron chi connectivity index (χ2n) is 6.92. The van der Waals surface area contributed by atoms with Crippen LogP contribution in [0.3, 0.4) is 0 Å². The molecule has 0 aliphatic carbocycles. The van der Waals surface area contributed by atoms with Crippen LogP contribution < -0.4 is 10.6 Å². The smallest absolute Gasteiger partial charge is 0.306 e. The molecule has 0 saturated carbocycles. The van der Waals surface area contributed by atoms with Crippen molar-refractivity contribution >= 4 is 17.8 Å². The SMILES string of the molecule is C#C[C@H](CC(=O)O)NC(=O)[C@@H]1CCCN(C(=O)CCCC2CNC2)C1. The number of amides is 2. The zero-order valence-electron chi connectivity index (χ0n) is 14.5. The topological polar surface area (TPSA) is 98.7 Å². The molecule has 2 atom stereocenters. The summed E-state index contributed by atoms with van der Waals surface area (Å²) in [5.41, 5.74) is 0. The summed E-state index contributed by atoms with van der Waals surface area (Å²) in [5, 5.41) is 14.6. The molecule has 2 heterocycles. The van der Waals surface area contributed by atoms with E-state index in [4.69, 9.17) is 11.5 Å². The van der Waals surface area contributed by atoms with Crippen molar-refractivity contribution in [1.82, 2.24) is 15.5 Å². The Hall–Kier alpha value is -2.07. The van der Waals surface area contributed by atoms with Crippen molar-refractivity contribution in [2.75, 3.05) is 26.2 Å². The van der Waals surface area contributed by atoms with E-state index in [0.717, 1.165) is 32.4 Å². The van der Waals surface area contributed by atoms with E-state index in [9.17, 15) is 14.4 Å². The number of piperidine rings is 1. The lowest BCUT2D eigenvalue weighted by Gasteiger charge is -2.33. The van der Waals surface area contributed by atoms with Crippen LogP contribution in [-0.2, 0) is 14.4 Å². The Morgan fingerprint density at radius 2 is 2.12 bits per heavy atom. The van der Waals surface area contributed by atoms with Gasteiger partial charge in [0, 0.05) is 19.5 Å². The predicted octanol–water partition coefficient (Wildman–Crippen LogP) is 0.207. The number of aliphatic carboxylic acids is 1. The fourth-order valence-corrected chi connectivity index (χ4v) is 3.29. The molecule has 2 saturated heterocycles. The molecule has 0 aromatic rings. The Labute approximate surface area is 148 Å². The molecule has 0 unspecified atom stereocenters. The molecule has 2 aliphatic heterocycles. The van der Waals surface area contributed by atoms with Crippen LogP contribution in [0, 0.1) is 24.2 Å². The number of carboxylic acids is 1. The van der Waals surface area contributed by atoms with Gasteiger partial charge in [0.05, 0.1) is 12.3 Å². The Balaban J connectivity index is 1.76. The van der Waals surface area contributed by atoms with Gasteiger partial charge in [0.15, 0.2) is 0 Å². The largest absolute Gasteiger partial charge is 0.481 e. The number of carbonyl (C=O) groups excluding carboxylic acids is 2. The van der Waals surface area contributed by atoms with E-state index in [0.29, 0.717) is 31.8 Å². The van der Waals surface area contributed by atoms with Crippen molar-refractivity contribution in [1.29, 1.82) is 0 Å². The second-order valence-corrected chi connectivity index (χ2v) is 6.92. The van der Waals surface area contributed by atoms with Crippen molar-refractivity contribution in [3.05, 3.63) is 0 Å². The lowest BCUT2D eigenvalue weighted by Crippen LogP contribution is -2.47. The molecule has 0 aromatic carbocycles. The van der Waals surface area contributed by atoms with Gasteiger partial charge in [0.1, 0.15) is 6.04 Å². The maximum Gasteiger partial charge on any atom is 0.306 e. The highest BCUT2D eigenvalue weighted by Crippen LogP contribution is 2.19. The molecule has 2 amide bonds. The van der Waals surface area contributed by atoms with Crippen LogP contribution in [0.15, 0.2) is 0 Å². The van der Waals surface area contributed by atoms with E-state index >= 15 is 0 Å². The van der Waals surface area contributed by atoms with Crippen LogP contribution in [0.25, 0.3) is 0 Å². The van der Waals surface area contributed by atoms with Crippen LogP contribution in [0.5, 0.6) is 0 Å². The summed E-state index contributed by atoms with van der Waals surface area (Å²) in [6.07, 6.45) is 8.91. The van der Waals surface area contributed by atoms with Crippen molar-refractivity contribution in [2.24, 2.45) is 11.8 Å². The first-order valence-electron chi connectivity index (χ1n) is 8.96. The van der Waals surface area contributed by atoms with Crippen molar-refractivity contribution in [2.45, 2.75) is 44.6 Å². The molecule has 25 heavy (non-hydrogen) atoms. The zero-order valence-corrected chi connectivity index (χ0v) is 14.5. The van der Waals surface area contributed by atoms with Gasteiger partial charge in [-0.15, -0.1) is 6.42 Å². The molecular formula is C18H27N3O4. The van der Waals surface area contributed by atoms with Crippen molar-refractivity contribution in [3.8, 4) is 12.3 Å². The number of carboxylic acid groups (broad SMARTS) is 1. The number of hydrogen-bond acceptors (Lipinski definition) is 4. The predicted molar refractivity (Wildman–Crippen MR) is 92.5 cm³/mol. The van der Waals surface area contributed by atoms with Gasteiger partial charge in [0.25, 0.3) is 0 Å². The average molecular weight is 349 g/mol. The van der Waals surface area contributed by atoms with E-state index in [1.807, 2.05) is 0 Å². The summed E-state index contributed by atoms with van der Waals surface area (Å²) in [6, 6.07) is -0.813. The van der Waals surface area contributed by atoms with Crippen LogP contribution in [0.1, 0.15) is 38.5 Å². The van der Waals surface area contributed by atoms with Gasteiger partial charge in [-0.2, -0.15) is 0 Å². The summed E-state index contributed by atoms with van der Waals surface area (Å²) in [4.78, 5) is 37.2. The quantitative estimate of drug-likeness (QED) is 0.544. The molecule has 138 valence electrons. The first-order valence-corrected chi connectivity index (χ1v) is 8.96. The monoisotopic (exact) mass is 349 g/mol. The highest BCUT2D eigenvalue weighted by atomic mass is 16.4. The lowest BCUT2D eigenvalue weighted by molar-refractivity contribution is -0.137. The Kier molecular flexibility index (Phi) is 7.26. The Bertz CT molecular complexity index is 539. The Morgan fingerprint density at radius 1 is 1.36 bits per heavy atom. The van der Waals surface area contributed by atoms with Gasteiger partial charge in [-0.25, -0.2) is 0 Å². The zero-order chi connectivity index (χ0) is 18.2. The molecule has 2 aliphatic rings. The van der Waals surface area contributed by atoms with E-state index in [1.165, 1.54) is 0 Å². The lowest BCUT2D eigenvalue weighted by atomic mass is 9.94. The van der Waals surface area contributed by atoms with E-state index < -0.39 is 12.0 Å². The molecule has 2 fully saturated rings. The van der Waals surface area contributed by atoms with Crippen molar-refractivity contribution in [3.63, 3.8) is 0 Å². The number of terminal acetylenes is 1. The first kappa shape index (κ1) is 19.3. The molecule has 7 nitrogen and oxygen atoms in total. The summed E-state index contributed by atoms with van der Waals surface area (Å²) >= 11 is 0. The summed E-state index contributed by atoms with van der Waals surface area (Å²) < 4.78 is 0. The molecule has 3 N–H and O–H groups in total. The van der Waals surface area contributed by atoms with E-state index in [1.54, 1.807) is 4.90 Å². The number of hydrogen-bond donors (Lipinski definition) is 3. The summed E-state index contributed by atoms with van der Waals surface area (Å²) in [5.74, 6) is 1.45. The molecule has 0 spiro atoms. The third kappa shape index (κ3) is 6.05. The minimum atomic E-state index is -1.05. The number of nitrogens with one attached hydrogen (secondary N) is 2. The van der Waals surface area contributed by atoms with Crippen LogP contribution in [0.4, 0.5) is 0 Å². The van der Waals surface area contributed by atoms with Gasteiger partial charge in [0.2, 0.25) is 11.8 Å². The second kappa shape index (κ2) is 9.42. The van der Waals surface area contributed by atoms with Gasteiger partial charge in [-0.3, -0.25) is 14.4 Å². The Morgan fingerprint density at radius 3 is 2.72 bits per heavy atom. The first-order chi connectivity index (χ1) is 12.0. The highest BCUT2D eigenvalue weighted by molar-refractivity contribution is 5.82. The fraction of sp³-hybridized carbons (Fsp3) is 0.722. The summed E-state index contributed by atoms with van der Waals surface area (Å²) in [6.45, 7) is 3.17. The molecule has 0 bridgehead atoms. The molecular weight excluding hydrogens is 322 g/mol. The van der Waals surface area contributed by atoms with Crippen molar-refractivity contribution < 1.29 is 19.5 Å². The van der Waals surface area contributed by atoms with E-state index in [2.05, 4.69) is 16.6 Å². The third-order valence-corrected chi connectivity index (χ3v) is 4.91. The number of carbonyl (C=O) groups is 3. The van der Waals surface area contributed by atoms with Crippen LogP contribution >= 0.6 is 0 Å². The van der Waals surface area contributed by atoms with Gasteiger partial charge < -0.3 is 20.6 Å². The van der Waals surface area contributed by atoms with Gasteiger partial charge in [-0.05, 0) is 44.7 Å². The molecule has 2 rings (SSSR count). The minimum absolute atomic E-state index is 0.101. The normalized spacial score (nSPS) is 21.7. The van der Waals surface area contributed by atoms with Gasteiger partial charge >= 0.3 is 5.97 Å². The molecule has 0 aromatic heterocycles. The average Bonchev–Trinajstić information content (AvgIpc) is 2.55. The minimum Gasteiger partial charge on any atom is -0.481 e. The maximum absolute atomic E-state index is 12.3. The fourth-order valence-electron chi connectivity index (χ4n) is 3.29.